The predicted octanol–water partition coefficient (Wildman–Crippen LogP) is 2.16. The Bertz CT molecular complexity index is 593. The number of likely N-dealkylation sites (tertiary alicyclic amines) is 1. The molecule has 2 saturated heterocycles. The van der Waals surface area contributed by atoms with Crippen molar-refractivity contribution in [2.45, 2.75) is 25.8 Å². The molecule has 3 rings (SSSR count). The van der Waals surface area contributed by atoms with Gasteiger partial charge in [-0.15, -0.1) is 0 Å². The number of hydrogen-bond acceptors (Lipinski definition) is 4. The third kappa shape index (κ3) is 4.41. The minimum Gasteiger partial charge on any atom is -0.394 e. The van der Waals surface area contributed by atoms with Crippen LogP contribution in [0.25, 0.3) is 6.08 Å². The summed E-state index contributed by atoms with van der Waals surface area (Å²) < 4.78 is 5.38. The summed E-state index contributed by atoms with van der Waals surface area (Å²) in [6.07, 6.45) is 5.57. The van der Waals surface area contributed by atoms with Gasteiger partial charge >= 0.3 is 0 Å². The van der Waals surface area contributed by atoms with Crippen LogP contribution in [0.15, 0.2) is 30.3 Å². The third-order valence-corrected chi connectivity index (χ3v) is 5.27. The first-order chi connectivity index (χ1) is 12.2. The fraction of sp³-hybridized carbons (Fsp3) is 0.550. The second kappa shape index (κ2) is 8.50. The Balaban J connectivity index is 1.61. The van der Waals surface area contributed by atoms with Crippen molar-refractivity contribution in [1.29, 1.82) is 0 Å². The number of carbonyl (C=O) groups is 1. The summed E-state index contributed by atoms with van der Waals surface area (Å²) in [5.74, 6) is 0.340. The van der Waals surface area contributed by atoms with Crippen molar-refractivity contribution in [3.63, 3.8) is 0 Å². The Morgan fingerprint density at radius 3 is 2.64 bits per heavy atom. The van der Waals surface area contributed by atoms with E-state index in [4.69, 9.17) is 4.74 Å². The molecule has 2 fully saturated rings. The van der Waals surface area contributed by atoms with Gasteiger partial charge in [0.25, 0.3) is 0 Å². The maximum absolute atomic E-state index is 12.5. The molecule has 2 aliphatic heterocycles. The smallest absolute Gasteiger partial charge is 0.246 e. The van der Waals surface area contributed by atoms with Gasteiger partial charge in [0.15, 0.2) is 0 Å². The zero-order chi connectivity index (χ0) is 17.6. The Morgan fingerprint density at radius 2 is 1.96 bits per heavy atom. The summed E-state index contributed by atoms with van der Waals surface area (Å²) in [4.78, 5) is 16.6. The van der Waals surface area contributed by atoms with Crippen molar-refractivity contribution >= 4 is 17.7 Å². The van der Waals surface area contributed by atoms with Gasteiger partial charge in [0.05, 0.1) is 25.9 Å². The molecule has 25 heavy (non-hydrogen) atoms. The summed E-state index contributed by atoms with van der Waals surface area (Å²) in [6, 6.07) is 8.20. The molecule has 0 spiro atoms. The van der Waals surface area contributed by atoms with Crippen LogP contribution in [-0.4, -0.2) is 61.4 Å². The fourth-order valence-corrected chi connectivity index (χ4v) is 3.68. The van der Waals surface area contributed by atoms with Crippen LogP contribution in [0.2, 0.25) is 0 Å². The maximum atomic E-state index is 12.5. The third-order valence-electron chi connectivity index (χ3n) is 5.27. The molecule has 0 radical (unpaired) electrons. The van der Waals surface area contributed by atoms with E-state index in [1.54, 1.807) is 6.08 Å². The first-order valence-corrected chi connectivity index (χ1v) is 9.21. The molecule has 2 unspecified atom stereocenters. The molecular formula is C20H28N2O3. The second-order valence-electron chi connectivity index (χ2n) is 6.93. The Labute approximate surface area is 149 Å². The van der Waals surface area contributed by atoms with Crippen LogP contribution in [0.3, 0.4) is 0 Å². The lowest BCUT2D eigenvalue weighted by Crippen LogP contribution is -2.49. The van der Waals surface area contributed by atoms with E-state index in [-0.39, 0.29) is 18.6 Å². The second-order valence-corrected chi connectivity index (χ2v) is 6.93. The van der Waals surface area contributed by atoms with E-state index in [9.17, 15) is 9.90 Å². The average molecular weight is 344 g/mol. The number of amides is 1. The van der Waals surface area contributed by atoms with Crippen molar-refractivity contribution < 1.29 is 14.6 Å². The fourth-order valence-electron chi connectivity index (χ4n) is 3.68. The lowest BCUT2D eigenvalue weighted by Gasteiger charge is -2.38. The normalized spacial score (nSPS) is 24.7. The molecule has 2 aliphatic rings. The van der Waals surface area contributed by atoms with Crippen molar-refractivity contribution in [1.82, 2.24) is 4.90 Å². The van der Waals surface area contributed by atoms with Gasteiger partial charge in [0.1, 0.15) is 0 Å². The highest BCUT2D eigenvalue weighted by atomic mass is 16.5. The summed E-state index contributed by atoms with van der Waals surface area (Å²) in [5.41, 5.74) is 2.20. The van der Waals surface area contributed by atoms with Gasteiger partial charge in [-0.3, -0.25) is 4.79 Å². The summed E-state index contributed by atoms with van der Waals surface area (Å²) in [5, 5.41) is 9.59. The minimum atomic E-state index is -0.0606. The predicted molar refractivity (Wildman–Crippen MR) is 99.5 cm³/mol. The Kier molecular flexibility index (Phi) is 6.10. The highest BCUT2D eigenvalue weighted by Crippen LogP contribution is 2.23. The quantitative estimate of drug-likeness (QED) is 0.851. The molecule has 5 nitrogen and oxygen atoms in total. The molecule has 2 heterocycles. The van der Waals surface area contributed by atoms with Crippen molar-refractivity contribution in [2.24, 2.45) is 5.92 Å². The maximum Gasteiger partial charge on any atom is 0.246 e. The number of aliphatic hydroxyl groups is 1. The van der Waals surface area contributed by atoms with E-state index in [1.165, 1.54) is 5.69 Å². The molecule has 0 aliphatic carbocycles. The van der Waals surface area contributed by atoms with Gasteiger partial charge in [-0.25, -0.2) is 0 Å². The van der Waals surface area contributed by atoms with Gasteiger partial charge in [-0.05, 0) is 42.5 Å². The van der Waals surface area contributed by atoms with E-state index in [2.05, 4.69) is 24.0 Å². The standard InChI is InChI=1S/C20H28N2O3/c1-16-3-2-10-22(19(16)15-23)20(24)9-6-17-4-7-18(8-5-17)21-11-13-25-14-12-21/h4-9,16,19,23H,2-3,10-15H2,1H3/b9-6+. The zero-order valence-corrected chi connectivity index (χ0v) is 14.9. The van der Waals surface area contributed by atoms with Gasteiger partial charge in [0, 0.05) is 31.4 Å². The van der Waals surface area contributed by atoms with Crippen LogP contribution in [0.1, 0.15) is 25.3 Å². The molecular weight excluding hydrogens is 316 g/mol. The molecule has 0 bridgehead atoms. The number of anilines is 1. The first-order valence-electron chi connectivity index (χ1n) is 9.21. The van der Waals surface area contributed by atoms with Crippen LogP contribution in [-0.2, 0) is 9.53 Å². The molecule has 1 N–H and O–H groups in total. The van der Waals surface area contributed by atoms with Crippen LogP contribution in [0.4, 0.5) is 5.69 Å². The highest BCUT2D eigenvalue weighted by Gasteiger charge is 2.30. The van der Waals surface area contributed by atoms with Crippen molar-refractivity contribution in [3.8, 4) is 0 Å². The lowest BCUT2D eigenvalue weighted by atomic mass is 9.91. The highest BCUT2D eigenvalue weighted by molar-refractivity contribution is 5.92. The number of piperidine rings is 1. The number of carbonyl (C=O) groups excluding carboxylic acids is 1. The summed E-state index contributed by atoms with van der Waals surface area (Å²) in [7, 11) is 0. The molecule has 0 saturated carbocycles. The number of benzene rings is 1. The van der Waals surface area contributed by atoms with E-state index >= 15 is 0 Å². The zero-order valence-electron chi connectivity index (χ0n) is 14.9. The topological polar surface area (TPSA) is 53.0 Å². The van der Waals surface area contributed by atoms with E-state index < -0.39 is 0 Å². The lowest BCUT2D eigenvalue weighted by molar-refractivity contribution is -0.132. The number of rotatable bonds is 4. The van der Waals surface area contributed by atoms with Gasteiger partial charge in [-0.2, -0.15) is 0 Å². The van der Waals surface area contributed by atoms with E-state index in [0.717, 1.165) is 51.3 Å². The van der Waals surface area contributed by atoms with Crippen LogP contribution < -0.4 is 4.90 Å². The Hall–Kier alpha value is -1.85. The molecule has 136 valence electrons. The van der Waals surface area contributed by atoms with Gasteiger partial charge in [0.2, 0.25) is 5.91 Å². The number of hydrogen-bond donors (Lipinski definition) is 1. The SMILES string of the molecule is CC1CCCN(C(=O)/C=C/c2ccc(N3CCOCC3)cc2)C1CO. The molecule has 2 atom stereocenters. The average Bonchev–Trinajstić information content (AvgIpc) is 2.67. The number of aliphatic hydroxyl groups excluding tert-OH is 1. The molecule has 0 aromatic heterocycles. The summed E-state index contributed by atoms with van der Waals surface area (Å²) in [6.45, 7) is 6.26. The molecule has 1 aromatic rings. The summed E-state index contributed by atoms with van der Waals surface area (Å²) >= 11 is 0. The minimum absolute atomic E-state index is 0.0112. The first kappa shape index (κ1) is 18.0. The van der Waals surface area contributed by atoms with Crippen molar-refractivity contribution in [3.05, 3.63) is 35.9 Å². The van der Waals surface area contributed by atoms with E-state index in [1.807, 2.05) is 23.1 Å². The van der Waals surface area contributed by atoms with Crippen LogP contribution >= 0.6 is 0 Å². The number of ether oxygens (including phenoxy) is 1. The van der Waals surface area contributed by atoms with E-state index in [0.29, 0.717) is 5.92 Å². The molecule has 1 aromatic carbocycles. The van der Waals surface area contributed by atoms with Gasteiger partial charge in [-0.1, -0.05) is 19.1 Å². The number of nitrogens with zero attached hydrogens (tertiary/aromatic N) is 2. The molecule has 1 amide bonds. The number of morpholine rings is 1. The van der Waals surface area contributed by atoms with Gasteiger partial charge < -0.3 is 19.6 Å². The van der Waals surface area contributed by atoms with Crippen LogP contribution in [0.5, 0.6) is 0 Å². The van der Waals surface area contributed by atoms with Crippen molar-refractivity contribution in [2.75, 3.05) is 44.4 Å². The Morgan fingerprint density at radius 1 is 1.24 bits per heavy atom. The molecule has 5 heteroatoms. The van der Waals surface area contributed by atoms with Crippen LogP contribution in [0, 0.1) is 5.92 Å². The monoisotopic (exact) mass is 344 g/mol. The largest absolute Gasteiger partial charge is 0.394 e.